The first kappa shape index (κ1) is 17.8. The third-order valence-electron chi connectivity index (χ3n) is 3.32. The van der Waals surface area contributed by atoms with E-state index in [4.69, 9.17) is 5.73 Å². The second kappa shape index (κ2) is 6.70. The molecule has 0 unspecified atom stereocenters. The van der Waals surface area contributed by atoms with Crippen molar-refractivity contribution in [2.45, 2.75) is 31.4 Å². The average molecular weight is 320 g/mol. The van der Waals surface area contributed by atoms with Gasteiger partial charge in [0.1, 0.15) is 0 Å². The lowest BCUT2D eigenvalue weighted by molar-refractivity contribution is 0.234. The molecular weight excluding hydrogens is 298 g/mol. The third-order valence-corrected chi connectivity index (χ3v) is 4.72. The number of hydrogen-bond acceptors (Lipinski definition) is 4. The smallest absolute Gasteiger partial charge is 0.341 e. The molecule has 0 saturated heterocycles. The fraction of sp³-hybridized carbons (Fsp3) is 0.571. The quantitative estimate of drug-likeness (QED) is 0.838. The van der Waals surface area contributed by atoms with Crippen molar-refractivity contribution < 1.29 is 17.2 Å². The molecule has 7 heteroatoms. The van der Waals surface area contributed by atoms with E-state index >= 15 is 0 Å². The number of sulfone groups is 1. The SMILES string of the molecule is CCN(CC(C)(C)CN)c1ccc(S(=O)(=O)C(F)F)cc1. The van der Waals surface area contributed by atoms with Crippen LogP contribution in [0.5, 0.6) is 0 Å². The Bertz CT molecular complexity index is 557. The summed E-state index contributed by atoms with van der Waals surface area (Å²) in [6.45, 7) is 7.96. The van der Waals surface area contributed by atoms with Gasteiger partial charge in [-0.25, -0.2) is 8.42 Å². The maximum Gasteiger partial charge on any atom is 0.341 e. The Balaban J connectivity index is 3.00. The fourth-order valence-electron chi connectivity index (χ4n) is 1.92. The van der Waals surface area contributed by atoms with Gasteiger partial charge in [-0.2, -0.15) is 8.78 Å². The number of rotatable bonds is 7. The molecule has 0 amide bonds. The monoisotopic (exact) mass is 320 g/mol. The Morgan fingerprint density at radius 2 is 1.76 bits per heavy atom. The Labute approximate surface area is 124 Å². The molecule has 1 aromatic rings. The maximum atomic E-state index is 12.5. The maximum absolute atomic E-state index is 12.5. The van der Waals surface area contributed by atoms with Crippen LogP contribution < -0.4 is 10.6 Å². The molecule has 0 radical (unpaired) electrons. The zero-order valence-corrected chi connectivity index (χ0v) is 13.3. The highest BCUT2D eigenvalue weighted by molar-refractivity contribution is 7.91. The molecule has 2 N–H and O–H groups in total. The molecule has 1 rings (SSSR count). The second-order valence-electron chi connectivity index (χ2n) is 5.68. The van der Waals surface area contributed by atoms with Crippen molar-refractivity contribution in [3.8, 4) is 0 Å². The van der Waals surface area contributed by atoms with Crippen molar-refractivity contribution in [2.24, 2.45) is 11.1 Å². The first-order valence-electron chi connectivity index (χ1n) is 6.71. The predicted molar refractivity (Wildman–Crippen MR) is 80.4 cm³/mol. The molecule has 0 aliphatic carbocycles. The molecule has 0 bridgehead atoms. The summed E-state index contributed by atoms with van der Waals surface area (Å²) in [6, 6.07) is 5.53. The predicted octanol–water partition coefficient (Wildman–Crippen LogP) is 2.49. The van der Waals surface area contributed by atoms with Gasteiger partial charge in [0.2, 0.25) is 9.84 Å². The summed E-state index contributed by atoms with van der Waals surface area (Å²) in [5, 5.41) is 0. The summed E-state index contributed by atoms with van der Waals surface area (Å²) in [4.78, 5) is 1.67. The zero-order valence-electron chi connectivity index (χ0n) is 12.5. The molecule has 0 aliphatic heterocycles. The Morgan fingerprint density at radius 3 is 2.14 bits per heavy atom. The molecule has 0 fully saturated rings. The van der Waals surface area contributed by atoms with Crippen LogP contribution in [0.3, 0.4) is 0 Å². The number of nitrogens with zero attached hydrogens (tertiary/aromatic N) is 1. The summed E-state index contributed by atoms with van der Waals surface area (Å²) in [6.07, 6.45) is 0. The van der Waals surface area contributed by atoms with Crippen LogP contribution in [0.25, 0.3) is 0 Å². The normalized spacial score (nSPS) is 12.7. The van der Waals surface area contributed by atoms with E-state index in [1.807, 2.05) is 25.7 Å². The largest absolute Gasteiger partial charge is 0.371 e. The zero-order chi connectivity index (χ0) is 16.3. The van der Waals surface area contributed by atoms with Gasteiger partial charge in [-0.05, 0) is 43.1 Å². The van der Waals surface area contributed by atoms with Crippen LogP contribution in [0, 0.1) is 5.41 Å². The molecule has 0 aromatic heterocycles. The summed E-state index contributed by atoms with van der Waals surface area (Å²) in [5.41, 5.74) is 6.40. The number of anilines is 1. The van der Waals surface area contributed by atoms with E-state index in [-0.39, 0.29) is 10.3 Å². The van der Waals surface area contributed by atoms with Gasteiger partial charge >= 0.3 is 5.76 Å². The Hall–Kier alpha value is -1.21. The van der Waals surface area contributed by atoms with E-state index in [0.29, 0.717) is 19.6 Å². The van der Waals surface area contributed by atoms with Crippen LogP contribution in [0.15, 0.2) is 29.2 Å². The van der Waals surface area contributed by atoms with E-state index in [1.165, 1.54) is 12.1 Å². The van der Waals surface area contributed by atoms with Crippen molar-refractivity contribution >= 4 is 15.5 Å². The van der Waals surface area contributed by atoms with Crippen LogP contribution in [-0.2, 0) is 9.84 Å². The highest BCUT2D eigenvalue weighted by Crippen LogP contribution is 2.24. The van der Waals surface area contributed by atoms with Crippen LogP contribution in [0.4, 0.5) is 14.5 Å². The molecule has 0 saturated carbocycles. The van der Waals surface area contributed by atoms with Crippen LogP contribution >= 0.6 is 0 Å². The number of halogens is 2. The van der Waals surface area contributed by atoms with Crippen LogP contribution in [0.2, 0.25) is 0 Å². The molecule has 0 atom stereocenters. The Morgan fingerprint density at radius 1 is 1.24 bits per heavy atom. The summed E-state index contributed by atoms with van der Waals surface area (Å²) in [7, 11) is -4.54. The third kappa shape index (κ3) is 4.38. The minimum atomic E-state index is -4.54. The molecule has 1 aromatic carbocycles. The van der Waals surface area contributed by atoms with E-state index in [1.54, 1.807) is 12.1 Å². The highest BCUT2D eigenvalue weighted by Gasteiger charge is 2.26. The number of alkyl halides is 2. The topological polar surface area (TPSA) is 63.4 Å². The number of nitrogens with two attached hydrogens (primary N) is 1. The van der Waals surface area contributed by atoms with Crippen LogP contribution in [0.1, 0.15) is 20.8 Å². The summed E-state index contributed by atoms with van der Waals surface area (Å²) >= 11 is 0. The number of hydrogen-bond donors (Lipinski definition) is 1. The van der Waals surface area contributed by atoms with E-state index < -0.39 is 15.6 Å². The van der Waals surface area contributed by atoms with E-state index in [9.17, 15) is 17.2 Å². The standard InChI is InChI=1S/C14H22F2N2O2S/c1-4-18(10-14(2,3)9-17)11-5-7-12(8-6-11)21(19,20)13(15)16/h5-8,13H,4,9-10,17H2,1-3H3. The second-order valence-corrected chi connectivity index (χ2v) is 7.60. The molecule has 120 valence electrons. The minimum Gasteiger partial charge on any atom is -0.371 e. The van der Waals surface area contributed by atoms with Gasteiger partial charge in [-0.1, -0.05) is 13.8 Å². The molecule has 0 spiro atoms. The van der Waals surface area contributed by atoms with Crippen molar-refractivity contribution in [3.63, 3.8) is 0 Å². The van der Waals surface area contributed by atoms with Crippen molar-refractivity contribution in [2.75, 3.05) is 24.5 Å². The van der Waals surface area contributed by atoms with E-state index in [0.717, 1.165) is 5.69 Å². The minimum absolute atomic E-state index is 0.0935. The average Bonchev–Trinajstić information content (AvgIpc) is 2.44. The molecule has 4 nitrogen and oxygen atoms in total. The molecular formula is C14H22F2N2O2S. The van der Waals surface area contributed by atoms with Gasteiger partial charge in [0.25, 0.3) is 0 Å². The molecule has 0 heterocycles. The van der Waals surface area contributed by atoms with Crippen LogP contribution in [-0.4, -0.2) is 33.8 Å². The van der Waals surface area contributed by atoms with Gasteiger partial charge in [0, 0.05) is 18.8 Å². The molecule has 21 heavy (non-hydrogen) atoms. The lowest BCUT2D eigenvalue weighted by Crippen LogP contribution is -2.38. The van der Waals surface area contributed by atoms with Gasteiger partial charge < -0.3 is 10.6 Å². The van der Waals surface area contributed by atoms with Gasteiger partial charge in [-0.15, -0.1) is 0 Å². The van der Waals surface area contributed by atoms with Crippen molar-refractivity contribution in [3.05, 3.63) is 24.3 Å². The summed E-state index contributed by atoms with van der Waals surface area (Å²) < 4.78 is 47.7. The lowest BCUT2D eigenvalue weighted by atomic mass is 9.93. The fourth-order valence-corrected chi connectivity index (χ4v) is 2.64. The Kier molecular flexibility index (Phi) is 5.69. The van der Waals surface area contributed by atoms with Gasteiger partial charge in [0.15, 0.2) is 0 Å². The van der Waals surface area contributed by atoms with Gasteiger partial charge in [0.05, 0.1) is 4.90 Å². The summed E-state index contributed by atoms with van der Waals surface area (Å²) in [5.74, 6) is -3.40. The molecule has 0 aliphatic rings. The van der Waals surface area contributed by atoms with Gasteiger partial charge in [-0.3, -0.25) is 0 Å². The highest BCUT2D eigenvalue weighted by atomic mass is 32.2. The van der Waals surface area contributed by atoms with Crippen molar-refractivity contribution in [1.82, 2.24) is 0 Å². The first-order valence-corrected chi connectivity index (χ1v) is 8.26. The first-order chi connectivity index (χ1) is 9.64. The number of benzene rings is 1. The van der Waals surface area contributed by atoms with E-state index in [2.05, 4.69) is 0 Å². The lowest BCUT2D eigenvalue weighted by Gasteiger charge is -2.32. The van der Waals surface area contributed by atoms with Crippen molar-refractivity contribution in [1.29, 1.82) is 0 Å².